The highest BCUT2D eigenvalue weighted by molar-refractivity contribution is 7.07. The summed E-state index contributed by atoms with van der Waals surface area (Å²) in [6.07, 6.45) is 3.96. The quantitative estimate of drug-likeness (QED) is 0.490. The molecule has 5 rings (SSSR count). The number of rotatable bonds is 5. The topological polar surface area (TPSA) is 77.0 Å². The molecule has 1 atom stereocenters. The number of hydrogen-bond acceptors (Lipinski definition) is 7. The van der Waals surface area contributed by atoms with E-state index in [4.69, 9.17) is 9.15 Å². The van der Waals surface area contributed by atoms with Gasteiger partial charge in [-0.3, -0.25) is 9.36 Å². The summed E-state index contributed by atoms with van der Waals surface area (Å²) < 4.78 is 26.9. The Kier molecular flexibility index (Phi) is 6.66. The third-order valence-corrected chi connectivity index (χ3v) is 7.67. The molecular weight excluding hydrogens is 481 g/mol. The molecule has 1 saturated heterocycles. The number of carbonyl (C=O) groups is 1. The van der Waals surface area contributed by atoms with Crippen LogP contribution in [-0.2, 0) is 9.53 Å². The van der Waals surface area contributed by atoms with Crippen molar-refractivity contribution in [3.05, 3.63) is 84.5 Å². The van der Waals surface area contributed by atoms with E-state index in [9.17, 15) is 14.0 Å². The normalized spacial score (nSPS) is 18.8. The van der Waals surface area contributed by atoms with Gasteiger partial charge in [-0.1, -0.05) is 30.4 Å². The molecule has 2 aromatic heterocycles. The van der Waals surface area contributed by atoms with Gasteiger partial charge in [-0.05, 0) is 56.4 Å². The summed E-state index contributed by atoms with van der Waals surface area (Å²) in [6, 6.07) is 8.80. The molecule has 0 aliphatic carbocycles. The number of halogens is 1. The molecule has 0 saturated carbocycles. The van der Waals surface area contributed by atoms with Gasteiger partial charge in [0.25, 0.3) is 5.56 Å². The molecule has 188 valence electrons. The molecule has 0 unspecified atom stereocenters. The van der Waals surface area contributed by atoms with Crippen LogP contribution in [0.15, 0.2) is 61.9 Å². The first kappa shape index (κ1) is 24.2. The Labute approximate surface area is 211 Å². The first-order valence-electron chi connectivity index (χ1n) is 12.2. The Balaban J connectivity index is 1.58. The maximum Gasteiger partial charge on any atom is 0.338 e. The van der Waals surface area contributed by atoms with Crippen molar-refractivity contribution in [2.75, 3.05) is 24.6 Å². The van der Waals surface area contributed by atoms with Crippen LogP contribution in [0.2, 0.25) is 0 Å². The zero-order valence-electron chi connectivity index (χ0n) is 20.5. The Morgan fingerprint density at radius 1 is 1.22 bits per heavy atom. The van der Waals surface area contributed by atoms with Crippen molar-refractivity contribution in [2.24, 2.45) is 10.9 Å². The zero-order chi connectivity index (χ0) is 25.4. The minimum atomic E-state index is -0.773. The highest BCUT2D eigenvalue weighted by Crippen LogP contribution is 2.31. The number of furan rings is 1. The van der Waals surface area contributed by atoms with Crippen LogP contribution in [0.3, 0.4) is 0 Å². The first-order chi connectivity index (χ1) is 17.4. The van der Waals surface area contributed by atoms with Crippen LogP contribution in [0.25, 0.3) is 6.08 Å². The lowest BCUT2D eigenvalue weighted by Crippen LogP contribution is -2.39. The van der Waals surface area contributed by atoms with Crippen LogP contribution >= 0.6 is 11.3 Å². The molecule has 4 heterocycles. The van der Waals surface area contributed by atoms with Crippen LogP contribution in [0.5, 0.6) is 0 Å². The summed E-state index contributed by atoms with van der Waals surface area (Å²) >= 11 is 1.23. The number of fused-ring (bicyclic) bond motifs is 1. The van der Waals surface area contributed by atoms with Crippen molar-refractivity contribution in [3.63, 3.8) is 0 Å². The molecule has 0 spiro atoms. The molecule has 7 nitrogen and oxygen atoms in total. The van der Waals surface area contributed by atoms with Crippen molar-refractivity contribution < 1.29 is 18.3 Å². The lowest BCUT2D eigenvalue weighted by atomic mass is 9.96. The van der Waals surface area contributed by atoms with Crippen molar-refractivity contribution in [1.82, 2.24) is 4.57 Å². The van der Waals surface area contributed by atoms with E-state index in [0.717, 1.165) is 31.8 Å². The average Bonchev–Trinajstić information content (AvgIpc) is 3.44. The van der Waals surface area contributed by atoms with E-state index in [2.05, 4.69) is 16.8 Å². The summed E-state index contributed by atoms with van der Waals surface area (Å²) in [5.41, 5.74) is 1.03. The van der Waals surface area contributed by atoms with E-state index >= 15 is 0 Å². The van der Waals surface area contributed by atoms with E-state index in [1.807, 2.05) is 12.1 Å². The first-order valence-corrected chi connectivity index (χ1v) is 13.0. The lowest BCUT2D eigenvalue weighted by molar-refractivity contribution is -0.139. The largest absolute Gasteiger partial charge is 0.463 e. The van der Waals surface area contributed by atoms with E-state index in [1.54, 1.807) is 32.1 Å². The maximum absolute atomic E-state index is 13.7. The molecule has 9 heteroatoms. The Hall–Kier alpha value is -3.46. The second kappa shape index (κ2) is 9.89. The molecule has 1 fully saturated rings. The number of allylic oxidation sites excluding steroid dienone is 1. The molecule has 2 aliphatic heterocycles. The number of esters is 1. The summed E-state index contributed by atoms with van der Waals surface area (Å²) in [4.78, 5) is 33.8. The maximum atomic E-state index is 13.7. The number of piperidine rings is 1. The fraction of sp³-hybridized carbons (Fsp3) is 0.370. The highest BCUT2D eigenvalue weighted by Gasteiger charge is 2.33. The number of ether oxygens (including phenoxy) is 1. The van der Waals surface area contributed by atoms with Crippen molar-refractivity contribution in [1.29, 1.82) is 0 Å². The third kappa shape index (κ3) is 4.55. The summed E-state index contributed by atoms with van der Waals surface area (Å²) in [5.74, 6) is 1.14. The monoisotopic (exact) mass is 509 g/mol. The number of nitrogens with zero attached hydrogens (tertiary/aromatic N) is 3. The summed E-state index contributed by atoms with van der Waals surface area (Å²) in [7, 11) is 0. The number of carbonyl (C=O) groups excluding carboxylic acids is 1. The van der Waals surface area contributed by atoms with Gasteiger partial charge in [0.1, 0.15) is 11.6 Å². The zero-order valence-corrected chi connectivity index (χ0v) is 21.3. The molecule has 0 N–H and O–H groups in total. The van der Waals surface area contributed by atoms with Crippen LogP contribution in [0, 0.1) is 11.7 Å². The highest BCUT2D eigenvalue weighted by atomic mass is 32.1. The van der Waals surface area contributed by atoms with Gasteiger partial charge in [0.05, 0.1) is 28.5 Å². The molecule has 3 aromatic rings. The SMILES string of the molecule is CCOC(=O)C1=C(C)N=c2s/c(=C/c3ccc(N4CCC(C)CC4)o3)c(=O)n2[C@@H]1c1ccc(F)cc1. The second-order valence-corrected chi connectivity index (χ2v) is 10.2. The minimum absolute atomic E-state index is 0.187. The van der Waals surface area contributed by atoms with Crippen LogP contribution in [-0.4, -0.2) is 30.2 Å². The third-order valence-electron chi connectivity index (χ3n) is 6.68. The van der Waals surface area contributed by atoms with Crippen LogP contribution in [0.1, 0.15) is 51.0 Å². The summed E-state index contributed by atoms with van der Waals surface area (Å²) in [6.45, 7) is 7.79. The number of thiazole rings is 1. The molecule has 0 bridgehead atoms. The number of aromatic nitrogens is 1. The van der Waals surface area contributed by atoms with Gasteiger partial charge in [-0.15, -0.1) is 0 Å². The van der Waals surface area contributed by atoms with Gasteiger partial charge >= 0.3 is 5.97 Å². The van der Waals surface area contributed by atoms with E-state index < -0.39 is 17.8 Å². The van der Waals surface area contributed by atoms with E-state index in [1.165, 1.54) is 28.0 Å². The van der Waals surface area contributed by atoms with Gasteiger partial charge in [0, 0.05) is 25.2 Å². The van der Waals surface area contributed by atoms with Crippen molar-refractivity contribution in [2.45, 2.75) is 39.7 Å². The fourth-order valence-electron chi connectivity index (χ4n) is 4.70. The number of benzene rings is 1. The molecule has 2 aliphatic rings. The fourth-order valence-corrected chi connectivity index (χ4v) is 5.73. The van der Waals surface area contributed by atoms with Crippen molar-refractivity contribution >= 4 is 29.3 Å². The van der Waals surface area contributed by atoms with Crippen molar-refractivity contribution in [3.8, 4) is 0 Å². The second-order valence-electron chi connectivity index (χ2n) is 9.20. The average molecular weight is 510 g/mol. The molecule has 0 amide bonds. The number of hydrogen-bond donors (Lipinski definition) is 0. The Morgan fingerprint density at radius 3 is 2.64 bits per heavy atom. The molecule has 1 aromatic carbocycles. The standard InChI is InChI=1S/C27H28FN3O4S/c1-4-34-26(33)23-17(3)29-27-31(24(23)18-5-7-19(28)8-6-18)25(32)21(36-27)15-20-9-10-22(35-20)30-13-11-16(2)12-14-30/h5-10,15-16,24H,4,11-14H2,1-3H3/b21-15+/t24-/m1/s1. The van der Waals surface area contributed by atoms with Gasteiger partial charge in [0.2, 0.25) is 0 Å². The molecular formula is C27H28FN3O4S. The number of anilines is 1. The van der Waals surface area contributed by atoms with Gasteiger partial charge in [0.15, 0.2) is 10.7 Å². The van der Waals surface area contributed by atoms with E-state index in [0.29, 0.717) is 32.3 Å². The molecule has 0 radical (unpaired) electrons. The van der Waals surface area contributed by atoms with Crippen LogP contribution < -0.4 is 19.8 Å². The smallest absolute Gasteiger partial charge is 0.338 e. The minimum Gasteiger partial charge on any atom is -0.463 e. The van der Waals surface area contributed by atoms with Crippen LogP contribution in [0.4, 0.5) is 10.3 Å². The predicted octanol–water partition coefficient (Wildman–Crippen LogP) is 3.77. The summed E-state index contributed by atoms with van der Waals surface area (Å²) in [5, 5.41) is 0. The van der Waals surface area contributed by atoms with Gasteiger partial charge in [-0.25, -0.2) is 14.2 Å². The Bertz CT molecular complexity index is 1490. The van der Waals surface area contributed by atoms with Gasteiger partial charge < -0.3 is 14.1 Å². The lowest BCUT2D eigenvalue weighted by Gasteiger charge is -2.29. The van der Waals surface area contributed by atoms with E-state index in [-0.39, 0.29) is 17.7 Å². The Morgan fingerprint density at radius 2 is 1.94 bits per heavy atom. The predicted molar refractivity (Wildman–Crippen MR) is 136 cm³/mol. The molecule has 36 heavy (non-hydrogen) atoms. The van der Waals surface area contributed by atoms with Gasteiger partial charge in [-0.2, -0.15) is 0 Å².